The molecule has 0 fully saturated rings. The Morgan fingerprint density at radius 1 is 0.927 bits per heavy atom. The number of hydrogen-bond donors (Lipinski definition) is 3. The highest BCUT2D eigenvalue weighted by Crippen LogP contribution is 2.32. The molecule has 1 aromatic heterocycles. The van der Waals surface area contributed by atoms with E-state index >= 15 is 0 Å². The molecule has 4 aromatic rings. The molecule has 0 radical (unpaired) electrons. The molecule has 0 unspecified atom stereocenters. The van der Waals surface area contributed by atoms with Crippen LogP contribution in [0.5, 0.6) is 11.5 Å². The van der Waals surface area contributed by atoms with E-state index in [1.165, 1.54) is 43.4 Å². The van der Waals surface area contributed by atoms with Crippen molar-refractivity contribution in [3.05, 3.63) is 101 Å². The zero-order valence-electron chi connectivity index (χ0n) is 22.6. The number of nitrogens with one attached hydrogen (secondary N) is 3. The minimum atomic E-state index is -0.530. The maximum atomic E-state index is 13.4. The molecule has 0 aliphatic heterocycles. The van der Waals surface area contributed by atoms with Crippen molar-refractivity contribution in [2.75, 3.05) is 30.6 Å². The van der Waals surface area contributed by atoms with Gasteiger partial charge in [-0.15, -0.1) is 23.1 Å². The minimum absolute atomic E-state index is 0.0120. The van der Waals surface area contributed by atoms with Crippen molar-refractivity contribution in [1.29, 1.82) is 0 Å². The zero-order chi connectivity index (χ0) is 29.2. The standard InChI is InChI=1S/C30H28N4O5S2/c1-19-17-41-30(31-19)34-26(35)18-40-23-14-12-22(13-15-23)32-29(37)24(33-28(36)20-8-5-4-6-9-20)16-21-10-7-11-25(38-2)27(21)39-3/h4-17H,18H2,1-3H3,(H,32,37)(H,33,36)(H,31,34,35)/b24-16-. The van der Waals surface area contributed by atoms with Crippen molar-refractivity contribution in [3.8, 4) is 11.5 Å². The summed E-state index contributed by atoms with van der Waals surface area (Å²) in [6, 6.07) is 20.9. The second-order valence-electron chi connectivity index (χ2n) is 8.57. The summed E-state index contributed by atoms with van der Waals surface area (Å²) in [5.41, 5.74) is 2.33. The summed E-state index contributed by atoms with van der Waals surface area (Å²) >= 11 is 2.74. The van der Waals surface area contributed by atoms with E-state index in [0.29, 0.717) is 33.4 Å². The molecule has 3 N–H and O–H groups in total. The molecule has 0 bridgehead atoms. The van der Waals surface area contributed by atoms with E-state index < -0.39 is 11.8 Å². The van der Waals surface area contributed by atoms with Gasteiger partial charge >= 0.3 is 0 Å². The summed E-state index contributed by atoms with van der Waals surface area (Å²) in [4.78, 5) is 43.6. The second kappa shape index (κ2) is 14.1. The monoisotopic (exact) mass is 588 g/mol. The fraction of sp³-hybridized carbons (Fsp3) is 0.133. The van der Waals surface area contributed by atoms with Crippen molar-refractivity contribution < 1.29 is 23.9 Å². The highest BCUT2D eigenvalue weighted by atomic mass is 32.2. The fourth-order valence-electron chi connectivity index (χ4n) is 3.67. The summed E-state index contributed by atoms with van der Waals surface area (Å²) in [7, 11) is 3.02. The number of anilines is 2. The molecule has 0 saturated heterocycles. The normalized spacial score (nSPS) is 11.0. The first kappa shape index (κ1) is 29.4. The highest BCUT2D eigenvalue weighted by Gasteiger charge is 2.17. The fourth-order valence-corrected chi connectivity index (χ4v) is 5.07. The third-order valence-corrected chi connectivity index (χ3v) is 7.50. The molecule has 4 rings (SSSR count). The number of amides is 3. The molecule has 0 aliphatic carbocycles. The van der Waals surface area contributed by atoms with Crippen LogP contribution in [0.15, 0.2) is 88.8 Å². The average Bonchev–Trinajstić information content (AvgIpc) is 3.40. The van der Waals surface area contributed by atoms with Crippen LogP contribution < -0.4 is 25.4 Å². The van der Waals surface area contributed by atoms with Crippen molar-refractivity contribution >= 4 is 57.7 Å². The number of aryl methyl sites for hydroxylation is 1. The topological polar surface area (TPSA) is 119 Å². The minimum Gasteiger partial charge on any atom is -0.493 e. The molecule has 0 aliphatic rings. The Balaban J connectivity index is 1.48. The van der Waals surface area contributed by atoms with Crippen LogP contribution in [0.2, 0.25) is 0 Å². The number of nitrogens with zero attached hydrogens (tertiary/aromatic N) is 1. The highest BCUT2D eigenvalue weighted by molar-refractivity contribution is 8.00. The lowest BCUT2D eigenvalue weighted by Crippen LogP contribution is -2.30. The van der Waals surface area contributed by atoms with Crippen LogP contribution in [0, 0.1) is 6.92 Å². The Morgan fingerprint density at radius 2 is 1.68 bits per heavy atom. The van der Waals surface area contributed by atoms with Crippen molar-refractivity contribution in [3.63, 3.8) is 0 Å². The smallest absolute Gasteiger partial charge is 0.272 e. The Morgan fingerprint density at radius 3 is 2.34 bits per heavy atom. The van der Waals surface area contributed by atoms with E-state index in [1.807, 2.05) is 12.3 Å². The molecular weight excluding hydrogens is 560 g/mol. The van der Waals surface area contributed by atoms with E-state index in [9.17, 15) is 14.4 Å². The van der Waals surface area contributed by atoms with Crippen molar-refractivity contribution in [2.24, 2.45) is 0 Å². The molecule has 3 aromatic carbocycles. The summed E-state index contributed by atoms with van der Waals surface area (Å²) < 4.78 is 10.9. The van der Waals surface area contributed by atoms with E-state index in [1.54, 1.807) is 72.8 Å². The van der Waals surface area contributed by atoms with Gasteiger partial charge in [-0.3, -0.25) is 14.4 Å². The molecule has 41 heavy (non-hydrogen) atoms. The van der Waals surface area contributed by atoms with Gasteiger partial charge in [0.15, 0.2) is 16.6 Å². The molecule has 3 amide bonds. The summed E-state index contributed by atoms with van der Waals surface area (Å²) in [6.07, 6.45) is 1.53. The van der Waals surface area contributed by atoms with Gasteiger partial charge in [0.05, 0.1) is 25.7 Å². The zero-order valence-corrected chi connectivity index (χ0v) is 24.2. The first-order valence-corrected chi connectivity index (χ1v) is 14.3. The summed E-state index contributed by atoms with van der Waals surface area (Å²) in [6.45, 7) is 1.87. The van der Waals surface area contributed by atoms with Crippen LogP contribution >= 0.6 is 23.1 Å². The number of aromatic nitrogens is 1. The predicted molar refractivity (Wildman–Crippen MR) is 163 cm³/mol. The Kier molecular flexibility index (Phi) is 10.1. The second-order valence-corrected chi connectivity index (χ2v) is 10.5. The number of benzene rings is 3. The number of thiazole rings is 1. The maximum absolute atomic E-state index is 13.4. The number of rotatable bonds is 11. The Hall–Kier alpha value is -4.61. The number of thioether (sulfide) groups is 1. The van der Waals surface area contributed by atoms with Gasteiger partial charge in [0.2, 0.25) is 5.91 Å². The van der Waals surface area contributed by atoms with Crippen molar-refractivity contribution in [2.45, 2.75) is 11.8 Å². The average molecular weight is 589 g/mol. The van der Waals surface area contributed by atoms with Gasteiger partial charge in [-0.1, -0.05) is 30.3 Å². The molecule has 210 valence electrons. The van der Waals surface area contributed by atoms with Gasteiger partial charge in [-0.2, -0.15) is 0 Å². The molecule has 11 heteroatoms. The van der Waals surface area contributed by atoms with Gasteiger partial charge in [-0.05, 0) is 55.5 Å². The number of hydrogen-bond acceptors (Lipinski definition) is 8. The number of ether oxygens (including phenoxy) is 2. The summed E-state index contributed by atoms with van der Waals surface area (Å²) in [5, 5.41) is 10.8. The van der Waals surface area contributed by atoms with Crippen LogP contribution in [-0.4, -0.2) is 42.7 Å². The van der Waals surface area contributed by atoms with Crippen LogP contribution in [0.4, 0.5) is 10.8 Å². The van der Waals surface area contributed by atoms with E-state index in [2.05, 4.69) is 20.9 Å². The van der Waals surface area contributed by atoms with Gasteiger partial charge in [0.25, 0.3) is 11.8 Å². The van der Waals surface area contributed by atoms with Gasteiger partial charge < -0.3 is 25.4 Å². The number of methoxy groups -OCH3 is 2. The van der Waals surface area contributed by atoms with Crippen LogP contribution in [0.1, 0.15) is 21.6 Å². The molecule has 0 atom stereocenters. The van der Waals surface area contributed by atoms with E-state index in [0.717, 1.165) is 10.6 Å². The quantitative estimate of drug-likeness (QED) is 0.154. The van der Waals surface area contributed by atoms with Crippen LogP contribution in [0.25, 0.3) is 6.08 Å². The van der Waals surface area contributed by atoms with Gasteiger partial charge in [-0.25, -0.2) is 4.98 Å². The largest absolute Gasteiger partial charge is 0.493 e. The molecular formula is C30H28N4O5S2. The third-order valence-electron chi connectivity index (χ3n) is 5.61. The third kappa shape index (κ3) is 8.19. The SMILES string of the molecule is COc1cccc(/C=C(\NC(=O)c2ccccc2)C(=O)Nc2ccc(SCC(=O)Nc3nc(C)cs3)cc2)c1OC. The molecule has 0 spiro atoms. The molecule has 0 saturated carbocycles. The lowest BCUT2D eigenvalue weighted by Gasteiger charge is -2.14. The first-order chi connectivity index (χ1) is 19.9. The van der Waals surface area contributed by atoms with Crippen molar-refractivity contribution in [1.82, 2.24) is 10.3 Å². The van der Waals surface area contributed by atoms with E-state index in [-0.39, 0.29) is 17.4 Å². The maximum Gasteiger partial charge on any atom is 0.272 e. The van der Waals surface area contributed by atoms with Crippen LogP contribution in [-0.2, 0) is 9.59 Å². The van der Waals surface area contributed by atoms with Crippen LogP contribution in [0.3, 0.4) is 0 Å². The van der Waals surface area contributed by atoms with Gasteiger partial charge in [0, 0.05) is 27.1 Å². The first-order valence-electron chi connectivity index (χ1n) is 12.4. The lowest BCUT2D eigenvalue weighted by molar-refractivity contribution is -0.114. The summed E-state index contributed by atoms with van der Waals surface area (Å²) in [5.74, 6) is -0.00261. The number of carbonyl (C=O) groups excluding carboxylic acids is 3. The Bertz CT molecular complexity index is 1550. The predicted octanol–water partition coefficient (Wildman–Crippen LogP) is 5.61. The van der Waals surface area contributed by atoms with E-state index in [4.69, 9.17) is 9.47 Å². The van der Waals surface area contributed by atoms with Gasteiger partial charge in [0.1, 0.15) is 5.70 Å². The lowest BCUT2D eigenvalue weighted by atomic mass is 10.1. The molecule has 9 nitrogen and oxygen atoms in total. The number of para-hydroxylation sites is 1. The Labute approximate surface area is 246 Å². The molecule has 1 heterocycles. The number of carbonyl (C=O) groups is 3.